The molecule has 172 valence electrons. The minimum Gasteiger partial charge on any atom is -0.357 e. The van der Waals surface area contributed by atoms with Crippen LogP contribution in [0.1, 0.15) is 69.1 Å². The number of anilines is 1. The molecule has 0 atom stereocenters. The molecule has 2 aliphatic heterocycles. The largest absolute Gasteiger partial charge is 0.357 e. The number of carbonyl (C=O) groups is 1. The van der Waals surface area contributed by atoms with Crippen LogP contribution in [-0.2, 0) is 11.8 Å². The van der Waals surface area contributed by atoms with Crippen LogP contribution in [0.3, 0.4) is 0 Å². The number of hydrogen-bond donors (Lipinski definition) is 0. The van der Waals surface area contributed by atoms with E-state index in [0.29, 0.717) is 27.3 Å². The molecule has 0 aliphatic carbocycles. The minimum atomic E-state index is -0.292. The molecule has 2 fully saturated rings. The summed E-state index contributed by atoms with van der Waals surface area (Å²) in [4.78, 5) is 30.5. The molecule has 1 amide bonds. The van der Waals surface area contributed by atoms with Gasteiger partial charge < -0.3 is 4.90 Å². The Bertz CT molecular complexity index is 1030. The van der Waals surface area contributed by atoms with Gasteiger partial charge >= 0.3 is 0 Å². The first-order valence-electron chi connectivity index (χ1n) is 11.4. The van der Waals surface area contributed by atoms with Crippen molar-refractivity contribution in [2.24, 2.45) is 13.0 Å². The third-order valence-corrected chi connectivity index (χ3v) is 7.81. The highest BCUT2D eigenvalue weighted by Crippen LogP contribution is 2.36. The van der Waals surface area contributed by atoms with Crippen LogP contribution in [0.25, 0.3) is 6.08 Å². The fraction of sp³-hybridized carbons (Fsp3) is 0.583. The van der Waals surface area contributed by atoms with Gasteiger partial charge in [-0.25, -0.2) is 0 Å². The Morgan fingerprint density at radius 1 is 1.22 bits per heavy atom. The standard InChI is InChI=1S/C24H32N4O2S2/c1-5-6-7-8-11-28-23(30)20(32-24(28)31)14-18-17(3)19(15-25)22(29)26(4)21(18)27-12-9-16(2)10-13-27/h14,16H,5-13H2,1-4H3. The molecule has 32 heavy (non-hydrogen) atoms. The average molecular weight is 473 g/mol. The minimum absolute atomic E-state index is 0.0820. The summed E-state index contributed by atoms with van der Waals surface area (Å²) in [5.74, 6) is 1.35. The van der Waals surface area contributed by atoms with Crippen molar-refractivity contribution < 1.29 is 4.79 Å². The second-order valence-corrected chi connectivity index (χ2v) is 10.5. The van der Waals surface area contributed by atoms with Gasteiger partial charge in [-0.2, -0.15) is 5.26 Å². The molecule has 0 N–H and O–H groups in total. The van der Waals surface area contributed by atoms with Crippen molar-refractivity contribution >= 4 is 46.1 Å². The summed E-state index contributed by atoms with van der Waals surface area (Å²) in [7, 11) is 1.71. The maximum atomic E-state index is 13.1. The van der Waals surface area contributed by atoms with Crippen LogP contribution in [0, 0.1) is 24.2 Å². The van der Waals surface area contributed by atoms with Gasteiger partial charge in [-0.3, -0.25) is 19.1 Å². The zero-order valence-electron chi connectivity index (χ0n) is 19.4. The Morgan fingerprint density at radius 2 is 1.91 bits per heavy atom. The summed E-state index contributed by atoms with van der Waals surface area (Å²) in [6.07, 6.45) is 8.24. The lowest BCUT2D eigenvalue weighted by Crippen LogP contribution is -2.38. The van der Waals surface area contributed by atoms with E-state index in [0.717, 1.165) is 63.0 Å². The van der Waals surface area contributed by atoms with E-state index in [9.17, 15) is 14.9 Å². The van der Waals surface area contributed by atoms with E-state index in [-0.39, 0.29) is 17.0 Å². The Kier molecular flexibility index (Phi) is 8.18. The molecule has 2 aliphatic rings. The molecule has 0 saturated carbocycles. The summed E-state index contributed by atoms with van der Waals surface area (Å²) >= 11 is 6.81. The van der Waals surface area contributed by atoms with Gasteiger partial charge in [0.2, 0.25) is 0 Å². The second-order valence-electron chi connectivity index (χ2n) is 8.78. The molecule has 0 aromatic carbocycles. The zero-order chi connectivity index (χ0) is 23.4. The third-order valence-electron chi connectivity index (χ3n) is 6.44. The van der Waals surface area contributed by atoms with E-state index in [1.165, 1.54) is 11.8 Å². The van der Waals surface area contributed by atoms with Gasteiger partial charge in [0.15, 0.2) is 0 Å². The molecule has 0 radical (unpaired) electrons. The molecule has 3 heterocycles. The molecular formula is C24H32N4O2S2. The molecule has 1 aromatic rings. The Balaban J connectivity index is 2.01. The number of carbonyl (C=O) groups excluding carboxylic acids is 1. The van der Waals surface area contributed by atoms with Crippen molar-refractivity contribution in [1.82, 2.24) is 9.47 Å². The van der Waals surface area contributed by atoms with Gasteiger partial charge in [-0.1, -0.05) is 57.1 Å². The van der Waals surface area contributed by atoms with Crippen LogP contribution < -0.4 is 10.5 Å². The number of hydrogen-bond acceptors (Lipinski definition) is 6. The molecule has 3 rings (SSSR count). The number of aromatic nitrogens is 1. The molecule has 0 bridgehead atoms. The highest BCUT2D eigenvalue weighted by molar-refractivity contribution is 8.26. The molecule has 6 nitrogen and oxygen atoms in total. The predicted molar refractivity (Wildman–Crippen MR) is 136 cm³/mol. The lowest BCUT2D eigenvalue weighted by molar-refractivity contribution is -0.122. The SMILES string of the molecule is CCCCCCN1C(=O)C(=Cc2c(C)c(C#N)c(=O)n(C)c2N2CCC(C)CC2)SC1=S. The fourth-order valence-electron chi connectivity index (χ4n) is 4.34. The second kappa shape index (κ2) is 10.7. The lowest BCUT2D eigenvalue weighted by Gasteiger charge is -2.34. The molecule has 2 saturated heterocycles. The number of thiocarbonyl (C=S) groups is 1. The highest BCUT2D eigenvalue weighted by Gasteiger charge is 2.33. The van der Waals surface area contributed by atoms with Gasteiger partial charge in [0.25, 0.3) is 11.5 Å². The summed E-state index contributed by atoms with van der Waals surface area (Å²) in [5, 5.41) is 9.62. The fourth-order valence-corrected chi connectivity index (χ4v) is 5.63. The number of nitriles is 1. The normalized spacial score (nSPS) is 18.7. The van der Waals surface area contributed by atoms with Crippen molar-refractivity contribution in [2.75, 3.05) is 24.5 Å². The van der Waals surface area contributed by atoms with E-state index in [2.05, 4.69) is 24.8 Å². The van der Waals surface area contributed by atoms with E-state index in [4.69, 9.17) is 12.2 Å². The summed E-state index contributed by atoms with van der Waals surface area (Å²) in [6, 6.07) is 2.07. The molecule has 1 aromatic heterocycles. The summed E-state index contributed by atoms with van der Waals surface area (Å²) in [6.45, 7) is 8.53. The van der Waals surface area contributed by atoms with E-state index in [1.54, 1.807) is 23.4 Å². The van der Waals surface area contributed by atoms with Gasteiger partial charge in [0.1, 0.15) is 21.8 Å². The number of thioether (sulfide) groups is 1. The van der Waals surface area contributed by atoms with Crippen LogP contribution in [0.5, 0.6) is 0 Å². The number of amides is 1. The van der Waals surface area contributed by atoms with Crippen LogP contribution in [0.15, 0.2) is 9.70 Å². The van der Waals surface area contributed by atoms with Gasteiger partial charge in [0, 0.05) is 32.2 Å². The maximum absolute atomic E-state index is 13.1. The summed E-state index contributed by atoms with van der Waals surface area (Å²) in [5.41, 5.74) is 1.23. The predicted octanol–water partition coefficient (Wildman–Crippen LogP) is 4.58. The Labute approximate surface area is 200 Å². The molecule has 0 spiro atoms. The molecule has 8 heteroatoms. The number of pyridine rings is 1. The molecular weight excluding hydrogens is 440 g/mol. The van der Waals surface area contributed by atoms with E-state index < -0.39 is 0 Å². The monoisotopic (exact) mass is 472 g/mol. The lowest BCUT2D eigenvalue weighted by atomic mass is 9.97. The smallest absolute Gasteiger partial charge is 0.270 e. The van der Waals surface area contributed by atoms with Gasteiger partial charge in [-0.15, -0.1) is 0 Å². The molecule has 0 unspecified atom stereocenters. The van der Waals surface area contributed by atoms with Crippen molar-refractivity contribution in [3.63, 3.8) is 0 Å². The van der Waals surface area contributed by atoms with Crippen LogP contribution in [-0.4, -0.2) is 39.3 Å². The van der Waals surface area contributed by atoms with Crippen LogP contribution in [0.2, 0.25) is 0 Å². The first-order chi connectivity index (χ1) is 15.3. The maximum Gasteiger partial charge on any atom is 0.270 e. The number of unbranched alkanes of at least 4 members (excludes halogenated alkanes) is 3. The number of rotatable bonds is 7. The van der Waals surface area contributed by atoms with Crippen molar-refractivity contribution in [3.05, 3.63) is 31.9 Å². The highest BCUT2D eigenvalue weighted by atomic mass is 32.2. The topological polar surface area (TPSA) is 69.3 Å². The van der Waals surface area contributed by atoms with Gasteiger partial charge in [0.05, 0.1) is 4.91 Å². The van der Waals surface area contributed by atoms with E-state index in [1.807, 2.05) is 6.08 Å². The summed E-state index contributed by atoms with van der Waals surface area (Å²) < 4.78 is 2.15. The third kappa shape index (κ3) is 4.94. The van der Waals surface area contributed by atoms with Crippen molar-refractivity contribution in [3.8, 4) is 6.07 Å². The zero-order valence-corrected chi connectivity index (χ0v) is 21.1. The van der Waals surface area contributed by atoms with Crippen molar-refractivity contribution in [2.45, 2.75) is 59.3 Å². The first-order valence-corrected chi connectivity index (χ1v) is 12.7. The Hall–Kier alpha value is -2.11. The van der Waals surface area contributed by atoms with Gasteiger partial charge in [-0.05, 0) is 43.7 Å². The number of nitrogens with zero attached hydrogens (tertiary/aromatic N) is 4. The first kappa shape index (κ1) is 24.5. The Morgan fingerprint density at radius 3 is 2.53 bits per heavy atom. The van der Waals surface area contributed by atoms with Crippen molar-refractivity contribution in [1.29, 1.82) is 5.26 Å². The van der Waals surface area contributed by atoms with E-state index >= 15 is 0 Å². The van der Waals surface area contributed by atoms with Crippen LogP contribution >= 0.6 is 24.0 Å². The quantitative estimate of drug-likeness (QED) is 0.329. The van der Waals surface area contributed by atoms with Crippen LogP contribution in [0.4, 0.5) is 5.82 Å². The average Bonchev–Trinajstić information content (AvgIpc) is 3.03. The number of piperidine rings is 1.